The number of nitrogens with one attached hydrogen (secondary N) is 1. The van der Waals surface area contributed by atoms with Crippen molar-refractivity contribution in [3.8, 4) is 16.9 Å². The molecule has 3 rings (SSSR count). The summed E-state index contributed by atoms with van der Waals surface area (Å²) in [6.45, 7) is 3.33. The number of nitrogens with two attached hydrogens (primary N) is 1. The topological polar surface area (TPSA) is 117 Å². The van der Waals surface area contributed by atoms with E-state index < -0.39 is 24.5 Å². The third kappa shape index (κ3) is 5.69. The lowest BCUT2D eigenvalue weighted by Gasteiger charge is -2.10. The lowest BCUT2D eigenvalue weighted by Crippen LogP contribution is -2.21. The van der Waals surface area contributed by atoms with Crippen LogP contribution in [0.5, 0.6) is 5.75 Å². The van der Waals surface area contributed by atoms with E-state index in [4.69, 9.17) is 19.9 Å². The first-order chi connectivity index (χ1) is 15.8. The molecule has 0 atom stereocenters. The van der Waals surface area contributed by atoms with Crippen molar-refractivity contribution in [3.05, 3.63) is 64.5 Å². The number of anilines is 2. The van der Waals surface area contributed by atoms with Crippen molar-refractivity contribution in [1.29, 1.82) is 0 Å². The van der Waals surface area contributed by atoms with Crippen LogP contribution in [0.15, 0.2) is 47.8 Å². The van der Waals surface area contributed by atoms with E-state index in [1.54, 1.807) is 12.3 Å². The minimum absolute atomic E-state index is 0.186. The smallest absolute Gasteiger partial charge is 0.341 e. The number of aryl methyl sites for hydroxylation is 1. The number of benzene rings is 2. The Bertz CT molecular complexity index is 1170. The van der Waals surface area contributed by atoms with E-state index in [9.17, 15) is 14.4 Å². The molecule has 0 fully saturated rings. The monoisotopic (exact) mass is 468 g/mol. The lowest BCUT2D eigenvalue weighted by atomic mass is 10.0. The summed E-state index contributed by atoms with van der Waals surface area (Å²) in [5.41, 5.74) is 9.08. The van der Waals surface area contributed by atoms with Crippen LogP contribution in [-0.2, 0) is 14.3 Å². The molecule has 0 spiro atoms. The second-order valence-corrected chi connectivity index (χ2v) is 7.90. The average molecular weight is 469 g/mol. The Labute approximate surface area is 195 Å². The van der Waals surface area contributed by atoms with Gasteiger partial charge in [-0.2, -0.15) is 0 Å². The van der Waals surface area contributed by atoms with E-state index in [2.05, 4.69) is 5.32 Å². The molecule has 2 aromatic carbocycles. The number of carbonyl (C=O) groups is 3. The van der Waals surface area contributed by atoms with Crippen LogP contribution in [-0.4, -0.2) is 38.2 Å². The van der Waals surface area contributed by atoms with Crippen molar-refractivity contribution in [2.24, 2.45) is 0 Å². The van der Waals surface area contributed by atoms with Crippen LogP contribution < -0.4 is 15.8 Å². The molecule has 0 radical (unpaired) electrons. The van der Waals surface area contributed by atoms with Gasteiger partial charge in [0.25, 0.3) is 5.91 Å². The first kappa shape index (κ1) is 23.8. The van der Waals surface area contributed by atoms with Gasteiger partial charge < -0.3 is 25.3 Å². The number of thiophene rings is 1. The van der Waals surface area contributed by atoms with Crippen LogP contribution in [0.3, 0.4) is 0 Å². The predicted molar refractivity (Wildman–Crippen MR) is 127 cm³/mol. The SMILES string of the molecule is CCOC(=O)c1c(-c2ccc(C)cc2)csc1NC(=O)COC(=O)c1ccc(OC)c(N)c1. The van der Waals surface area contributed by atoms with Gasteiger partial charge in [0.2, 0.25) is 0 Å². The van der Waals surface area contributed by atoms with Gasteiger partial charge in [0.15, 0.2) is 6.61 Å². The minimum Gasteiger partial charge on any atom is -0.495 e. The molecule has 0 unspecified atom stereocenters. The standard InChI is InChI=1S/C24H24N2O6S/c1-4-31-24(29)21-17(15-7-5-14(2)6-8-15)13-33-22(21)26-20(27)12-32-23(28)16-9-10-19(30-3)18(25)11-16/h5-11,13H,4,12,25H2,1-3H3,(H,26,27). The number of rotatable bonds is 8. The van der Waals surface area contributed by atoms with E-state index in [-0.39, 0.29) is 23.4 Å². The van der Waals surface area contributed by atoms with Gasteiger partial charge in [-0.15, -0.1) is 11.3 Å². The number of carbonyl (C=O) groups excluding carboxylic acids is 3. The highest BCUT2D eigenvalue weighted by Gasteiger charge is 2.23. The Morgan fingerprint density at radius 3 is 2.39 bits per heavy atom. The molecule has 1 heterocycles. The van der Waals surface area contributed by atoms with Gasteiger partial charge >= 0.3 is 11.9 Å². The van der Waals surface area contributed by atoms with Gasteiger partial charge in [-0.3, -0.25) is 4.79 Å². The van der Waals surface area contributed by atoms with Gasteiger partial charge in [0.1, 0.15) is 16.3 Å². The maximum Gasteiger partial charge on any atom is 0.341 e. The van der Waals surface area contributed by atoms with E-state index in [1.165, 1.54) is 36.6 Å². The molecule has 1 amide bonds. The molecule has 0 saturated carbocycles. The maximum absolute atomic E-state index is 12.6. The zero-order chi connectivity index (χ0) is 24.0. The first-order valence-corrected chi connectivity index (χ1v) is 11.0. The summed E-state index contributed by atoms with van der Waals surface area (Å²) in [5, 5.41) is 4.74. The molecule has 3 N–H and O–H groups in total. The Kier molecular flexibility index (Phi) is 7.68. The summed E-state index contributed by atoms with van der Waals surface area (Å²) >= 11 is 1.19. The second-order valence-electron chi connectivity index (χ2n) is 7.02. The summed E-state index contributed by atoms with van der Waals surface area (Å²) in [7, 11) is 1.47. The molecule has 0 aliphatic rings. The van der Waals surface area contributed by atoms with Crippen molar-refractivity contribution < 1.29 is 28.6 Å². The molecule has 0 aliphatic heterocycles. The van der Waals surface area contributed by atoms with Gasteiger partial charge in [-0.1, -0.05) is 29.8 Å². The summed E-state index contributed by atoms with van der Waals surface area (Å²) < 4.78 is 15.3. The van der Waals surface area contributed by atoms with Crippen molar-refractivity contribution in [2.75, 3.05) is 31.4 Å². The molecular formula is C24H24N2O6S. The maximum atomic E-state index is 12.6. The van der Waals surface area contributed by atoms with E-state index in [0.717, 1.165) is 11.1 Å². The fourth-order valence-corrected chi connectivity index (χ4v) is 4.01. The van der Waals surface area contributed by atoms with Crippen molar-refractivity contribution in [3.63, 3.8) is 0 Å². The fourth-order valence-electron chi connectivity index (χ4n) is 3.04. The number of methoxy groups -OCH3 is 1. The molecule has 8 nitrogen and oxygen atoms in total. The summed E-state index contributed by atoms with van der Waals surface area (Å²) in [4.78, 5) is 37.4. The van der Waals surface area contributed by atoms with Crippen LogP contribution in [0.4, 0.5) is 10.7 Å². The molecule has 33 heavy (non-hydrogen) atoms. The first-order valence-electron chi connectivity index (χ1n) is 10.1. The van der Waals surface area contributed by atoms with Gasteiger partial charge in [-0.05, 0) is 37.6 Å². The third-order valence-electron chi connectivity index (χ3n) is 4.69. The number of nitrogen functional groups attached to an aromatic ring is 1. The van der Waals surface area contributed by atoms with E-state index >= 15 is 0 Å². The summed E-state index contributed by atoms with van der Waals surface area (Å²) in [5.74, 6) is -1.42. The number of ether oxygens (including phenoxy) is 3. The Hall–Kier alpha value is -3.85. The van der Waals surface area contributed by atoms with Gasteiger partial charge in [0, 0.05) is 10.9 Å². The van der Waals surface area contributed by atoms with Crippen molar-refractivity contribution >= 4 is 39.9 Å². The Morgan fingerprint density at radius 2 is 1.76 bits per heavy atom. The van der Waals surface area contributed by atoms with E-state index in [0.29, 0.717) is 16.3 Å². The lowest BCUT2D eigenvalue weighted by molar-refractivity contribution is -0.119. The second kappa shape index (κ2) is 10.6. The van der Waals surface area contributed by atoms with Crippen molar-refractivity contribution in [2.45, 2.75) is 13.8 Å². The molecule has 9 heteroatoms. The molecule has 0 bridgehead atoms. The highest BCUT2D eigenvalue weighted by Crippen LogP contribution is 2.36. The highest BCUT2D eigenvalue weighted by atomic mass is 32.1. The van der Waals surface area contributed by atoms with Crippen LogP contribution >= 0.6 is 11.3 Å². The Morgan fingerprint density at radius 1 is 1.03 bits per heavy atom. The molecule has 172 valence electrons. The molecule has 3 aromatic rings. The number of hydrogen-bond acceptors (Lipinski definition) is 8. The molecule has 0 saturated heterocycles. The zero-order valence-electron chi connectivity index (χ0n) is 18.5. The average Bonchev–Trinajstić information content (AvgIpc) is 3.21. The van der Waals surface area contributed by atoms with Crippen LogP contribution in [0.2, 0.25) is 0 Å². The zero-order valence-corrected chi connectivity index (χ0v) is 19.3. The van der Waals surface area contributed by atoms with Crippen LogP contribution in [0.1, 0.15) is 33.2 Å². The van der Waals surface area contributed by atoms with Crippen LogP contribution in [0.25, 0.3) is 11.1 Å². The van der Waals surface area contributed by atoms with E-state index in [1.807, 2.05) is 31.2 Å². The fraction of sp³-hybridized carbons (Fsp3) is 0.208. The quantitative estimate of drug-likeness (QED) is 0.374. The van der Waals surface area contributed by atoms with Gasteiger partial charge in [-0.25, -0.2) is 9.59 Å². The van der Waals surface area contributed by atoms with Crippen molar-refractivity contribution in [1.82, 2.24) is 0 Å². The normalized spacial score (nSPS) is 10.4. The Balaban J connectivity index is 1.73. The third-order valence-corrected chi connectivity index (χ3v) is 5.58. The minimum atomic E-state index is -0.711. The number of hydrogen-bond donors (Lipinski definition) is 2. The molecule has 0 aliphatic carbocycles. The van der Waals surface area contributed by atoms with Gasteiger partial charge in [0.05, 0.1) is 25.0 Å². The largest absolute Gasteiger partial charge is 0.495 e. The highest BCUT2D eigenvalue weighted by molar-refractivity contribution is 7.15. The molecule has 1 aromatic heterocycles. The summed E-state index contributed by atoms with van der Waals surface area (Å²) in [6.07, 6.45) is 0. The number of esters is 2. The number of amides is 1. The van der Waals surface area contributed by atoms with Crippen LogP contribution in [0, 0.1) is 6.92 Å². The summed E-state index contributed by atoms with van der Waals surface area (Å²) in [6, 6.07) is 12.1. The molecular weight excluding hydrogens is 444 g/mol. The predicted octanol–water partition coefficient (Wildman–Crippen LogP) is 4.29.